The highest BCUT2D eigenvalue weighted by Crippen LogP contribution is 2.35. The Morgan fingerprint density at radius 1 is 1.38 bits per heavy atom. The summed E-state index contributed by atoms with van der Waals surface area (Å²) < 4.78 is 0. The summed E-state index contributed by atoms with van der Waals surface area (Å²) in [5.74, 6) is -0.643. The van der Waals surface area contributed by atoms with Crippen molar-refractivity contribution in [3.05, 3.63) is 46.3 Å². The van der Waals surface area contributed by atoms with Crippen molar-refractivity contribution in [1.82, 2.24) is 15.5 Å². The predicted octanol–water partition coefficient (Wildman–Crippen LogP) is 1.95. The molecule has 24 heavy (non-hydrogen) atoms. The van der Waals surface area contributed by atoms with Gasteiger partial charge in [0.15, 0.2) is 0 Å². The molecule has 6 heteroatoms. The predicted molar refractivity (Wildman–Crippen MR) is 89.6 cm³/mol. The smallest absolute Gasteiger partial charge is 0.232 e. The number of amides is 2. The average molecular weight is 324 g/mol. The second-order valence-corrected chi connectivity index (χ2v) is 6.59. The third kappa shape index (κ3) is 2.58. The van der Waals surface area contributed by atoms with E-state index in [1.165, 1.54) is 11.3 Å². The maximum Gasteiger partial charge on any atom is 0.232 e. The number of carbonyl (C=O) groups excluding carboxylic acids is 2. The van der Waals surface area contributed by atoms with Gasteiger partial charge in [-0.2, -0.15) is 5.10 Å². The number of fused-ring (bicyclic) bond motifs is 2. The van der Waals surface area contributed by atoms with Crippen molar-refractivity contribution in [2.75, 3.05) is 5.32 Å². The molecule has 2 amide bonds. The molecule has 0 bridgehead atoms. The first-order chi connectivity index (χ1) is 11.6. The molecule has 2 aliphatic rings. The number of hydrogen-bond acceptors (Lipinski definition) is 3. The van der Waals surface area contributed by atoms with Crippen molar-refractivity contribution in [2.45, 2.75) is 45.1 Å². The summed E-state index contributed by atoms with van der Waals surface area (Å²) in [6, 6.07) is 5.83. The fourth-order valence-corrected chi connectivity index (χ4v) is 3.62. The number of carbonyl (C=O) groups is 2. The Hall–Kier alpha value is -2.63. The molecular weight excluding hydrogens is 304 g/mol. The van der Waals surface area contributed by atoms with Crippen molar-refractivity contribution in [3.8, 4) is 0 Å². The molecule has 3 N–H and O–H groups in total. The summed E-state index contributed by atoms with van der Waals surface area (Å²) in [6.07, 6.45) is 3.36. The first-order valence-corrected chi connectivity index (χ1v) is 8.35. The fourth-order valence-electron chi connectivity index (χ4n) is 3.62. The Balaban J connectivity index is 1.41. The van der Waals surface area contributed by atoms with Crippen LogP contribution in [0.2, 0.25) is 0 Å². The number of aryl methyl sites for hydroxylation is 2. The second-order valence-electron chi connectivity index (χ2n) is 6.59. The van der Waals surface area contributed by atoms with Crippen molar-refractivity contribution in [2.24, 2.45) is 0 Å². The van der Waals surface area contributed by atoms with Crippen LogP contribution in [0.5, 0.6) is 0 Å². The molecule has 2 aromatic rings. The third-order valence-electron chi connectivity index (χ3n) is 4.89. The minimum Gasteiger partial charge on any atom is -0.350 e. The van der Waals surface area contributed by atoms with Crippen molar-refractivity contribution >= 4 is 17.5 Å². The van der Waals surface area contributed by atoms with Gasteiger partial charge in [0, 0.05) is 17.8 Å². The third-order valence-corrected chi connectivity index (χ3v) is 4.89. The second kappa shape index (κ2) is 5.78. The van der Waals surface area contributed by atoms with Gasteiger partial charge in [0.2, 0.25) is 11.8 Å². The Morgan fingerprint density at radius 3 is 3.12 bits per heavy atom. The Labute approximate surface area is 140 Å². The zero-order valence-corrected chi connectivity index (χ0v) is 13.6. The van der Waals surface area contributed by atoms with E-state index in [9.17, 15) is 9.59 Å². The molecule has 4 rings (SSSR count). The largest absolute Gasteiger partial charge is 0.350 e. The quantitative estimate of drug-likeness (QED) is 0.803. The summed E-state index contributed by atoms with van der Waals surface area (Å²) >= 11 is 0. The van der Waals surface area contributed by atoms with E-state index in [1.54, 1.807) is 0 Å². The number of hydrogen-bond donors (Lipinski definition) is 3. The van der Waals surface area contributed by atoms with Crippen LogP contribution in [-0.2, 0) is 29.0 Å². The molecule has 0 radical (unpaired) electrons. The van der Waals surface area contributed by atoms with Gasteiger partial charge in [0.1, 0.15) is 0 Å². The molecule has 1 aliphatic carbocycles. The number of aromatic amines is 1. The molecule has 1 atom stereocenters. The van der Waals surface area contributed by atoms with Gasteiger partial charge in [0.25, 0.3) is 0 Å². The number of anilines is 1. The molecule has 2 heterocycles. The van der Waals surface area contributed by atoms with Gasteiger partial charge < -0.3 is 10.6 Å². The molecule has 1 aliphatic heterocycles. The van der Waals surface area contributed by atoms with E-state index in [0.29, 0.717) is 6.54 Å². The zero-order valence-electron chi connectivity index (χ0n) is 13.6. The van der Waals surface area contributed by atoms with E-state index in [2.05, 4.69) is 20.8 Å². The number of nitrogens with zero attached hydrogens (tertiary/aromatic N) is 1. The van der Waals surface area contributed by atoms with E-state index < -0.39 is 5.92 Å². The highest BCUT2D eigenvalue weighted by atomic mass is 16.2. The topological polar surface area (TPSA) is 86.9 Å². The molecule has 6 nitrogen and oxygen atoms in total. The Morgan fingerprint density at radius 2 is 2.25 bits per heavy atom. The van der Waals surface area contributed by atoms with Crippen LogP contribution >= 0.6 is 0 Å². The summed E-state index contributed by atoms with van der Waals surface area (Å²) in [4.78, 5) is 24.5. The molecular formula is C18H20N4O2. The SMILES string of the molecule is Cc1ccc2c(c1)[C@@H](CC(=O)NCc1n[nH]c3c1CCC3)C(=O)N2. The minimum absolute atomic E-state index is 0.105. The van der Waals surface area contributed by atoms with E-state index in [1.807, 2.05) is 25.1 Å². The molecule has 0 unspecified atom stereocenters. The monoisotopic (exact) mass is 324 g/mol. The summed E-state index contributed by atoms with van der Waals surface area (Å²) in [6.45, 7) is 2.40. The van der Waals surface area contributed by atoms with Crippen LogP contribution in [0.15, 0.2) is 18.2 Å². The first-order valence-electron chi connectivity index (χ1n) is 8.35. The molecule has 1 aromatic heterocycles. The fraction of sp³-hybridized carbons (Fsp3) is 0.389. The molecule has 0 saturated heterocycles. The summed E-state index contributed by atoms with van der Waals surface area (Å²) in [5.41, 5.74) is 6.17. The molecule has 124 valence electrons. The van der Waals surface area contributed by atoms with Crippen LogP contribution in [-0.4, -0.2) is 22.0 Å². The van der Waals surface area contributed by atoms with Gasteiger partial charge in [-0.3, -0.25) is 14.7 Å². The average Bonchev–Trinajstić information content (AvgIpc) is 3.22. The first kappa shape index (κ1) is 14.9. The van der Waals surface area contributed by atoms with E-state index in [-0.39, 0.29) is 18.2 Å². The lowest BCUT2D eigenvalue weighted by Gasteiger charge is -2.10. The maximum atomic E-state index is 12.3. The van der Waals surface area contributed by atoms with E-state index in [4.69, 9.17) is 0 Å². The van der Waals surface area contributed by atoms with Gasteiger partial charge >= 0.3 is 0 Å². The van der Waals surface area contributed by atoms with Crippen molar-refractivity contribution < 1.29 is 9.59 Å². The standard InChI is InChI=1S/C18H20N4O2/c1-10-5-6-14-12(7-10)13(18(24)20-14)8-17(23)19-9-16-11-3-2-4-15(11)21-22-16/h5-7,13H,2-4,8-9H2,1H3,(H,19,23)(H,20,24)(H,21,22)/t13-/m1/s1. The highest BCUT2D eigenvalue weighted by molar-refractivity contribution is 6.05. The lowest BCUT2D eigenvalue weighted by Crippen LogP contribution is -2.27. The summed E-state index contributed by atoms with van der Waals surface area (Å²) in [7, 11) is 0. The molecule has 1 aromatic carbocycles. The van der Waals surface area contributed by atoms with Crippen LogP contribution in [0.3, 0.4) is 0 Å². The van der Waals surface area contributed by atoms with Crippen LogP contribution in [0.25, 0.3) is 0 Å². The molecule has 0 fully saturated rings. The van der Waals surface area contributed by atoms with Crippen LogP contribution in [0.1, 0.15) is 46.8 Å². The van der Waals surface area contributed by atoms with Crippen molar-refractivity contribution in [1.29, 1.82) is 0 Å². The van der Waals surface area contributed by atoms with Gasteiger partial charge in [-0.15, -0.1) is 0 Å². The Kier molecular flexibility index (Phi) is 3.59. The Bertz CT molecular complexity index is 824. The normalized spacial score (nSPS) is 18.2. The van der Waals surface area contributed by atoms with Gasteiger partial charge in [-0.1, -0.05) is 17.7 Å². The number of nitrogens with one attached hydrogen (secondary N) is 3. The van der Waals surface area contributed by atoms with E-state index in [0.717, 1.165) is 41.8 Å². The van der Waals surface area contributed by atoms with Crippen LogP contribution in [0, 0.1) is 6.92 Å². The summed E-state index contributed by atoms with van der Waals surface area (Å²) in [5, 5.41) is 13.1. The molecule has 0 saturated carbocycles. The van der Waals surface area contributed by atoms with Crippen molar-refractivity contribution in [3.63, 3.8) is 0 Å². The highest BCUT2D eigenvalue weighted by Gasteiger charge is 2.32. The number of H-pyrrole nitrogens is 1. The van der Waals surface area contributed by atoms with Crippen LogP contribution < -0.4 is 10.6 Å². The van der Waals surface area contributed by atoms with Gasteiger partial charge in [0.05, 0.1) is 18.2 Å². The van der Waals surface area contributed by atoms with Crippen LogP contribution in [0.4, 0.5) is 5.69 Å². The molecule has 0 spiro atoms. The number of aromatic nitrogens is 2. The zero-order chi connectivity index (χ0) is 16.7. The minimum atomic E-state index is -0.412. The lowest BCUT2D eigenvalue weighted by molar-refractivity contribution is -0.125. The number of rotatable bonds is 4. The van der Waals surface area contributed by atoms with Gasteiger partial charge in [-0.05, 0) is 43.4 Å². The van der Waals surface area contributed by atoms with Gasteiger partial charge in [-0.25, -0.2) is 0 Å². The van der Waals surface area contributed by atoms with E-state index >= 15 is 0 Å². The lowest BCUT2D eigenvalue weighted by atomic mass is 9.95. The maximum absolute atomic E-state index is 12.3. The number of benzene rings is 1.